The lowest BCUT2D eigenvalue weighted by molar-refractivity contribution is -0.384. The zero-order valence-electron chi connectivity index (χ0n) is 24.6. The summed E-state index contributed by atoms with van der Waals surface area (Å²) in [5.74, 6) is -0.554. The molecular formula is C30H36N4O8. The summed E-state index contributed by atoms with van der Waals surface area (Å²) in [6.45, 7) is 13.6. The van der Waals surface area contributed by atoms with Crippen LogP contribution in [0.5, 0.6) is 0 Å². The van der Waals surface area contributed by atoms with Gasteiger partial charge in [0.2, 0.25) is 0 Å². The number of carboxylic acid groups (broad SMARTS) is 1. The monoisotopic (exact) mass is 580 g/mol. The Labute approximate surface area is 242 Å². The van der Waals surface area contributed by atoms with Gasteiger partial charge in [-0.15, -0.1) is 0 Å². The highest BCUT2D eigenvalue weighted by Gasteiger charge is 2.20. The average molecular weight is 581 g/mol. The zero-order valence-corrected chi connectivity index (χ0v) is 24.6. The molecule has 0 fully saturated rings. The number of nitro groups is 2. The number of non-ortho nitro benzene ring substituents is 2. The smallest absolute Gasteiger partial charge is 0.354 e. The predicted molar refractivity (Wildman–Crippen MR) is 159 cm³/mol. The van der Waals surface area contributed by atoms with E-state index in [0.29, 0.717) is 47.6 Å². The summed E-state index contributed by atoms with van der Waals surface area (Å²) in [5, 5.41) is 32.1. The Morgan fingerprint density at radius 1 is 0.738 bits per heavy atom. The molecule has 1 N–H and O–H groups in total. The first-order valence-corrected chi connectivity index (χ1v) is 13.6. The van der Waals surface area contributed by atoms with Gasteiger partial charge in [0.05, 0.1) is 16.5 Å². The van der Waals surface area contributed by atoms with Crippen molar-refractivity contribution in [3.8, 4) is 0 Å². The van der Waals surface area contributed by atoms with Crippen molar-refractivity contribution in [3.05, 3.63) is 80.1 Å². The number of benzene rings is 2. The second-order valence-corrected chi connectivity index (χ2v) is 11.4. The van der Waals surface area contributed by atoms with Crippen LogP contribution < -0.4 is 0 Å². The second kappa shape index (κ2) is 13.3. The molecule has 224 valence electrons. The van der Waals surface area contributed by atoms with Crippen molar-refractivity contribution in [2.45, 2.75) is 54.6 Å². The van der Waals surface area contributed by atoms with E-state index in [-0.39, 0.29) is 28.9 Å². The van der Waals surface area contributed by atoms with Crippen LogP contribution in [0, 0.1) is 38.0 Å². The van der Waals surface area contributed by atoms with Crippen LogP contribution in [0.25, 0.3) is 21.8 Å². The lowest BCUT2D eigenvalue weighted by atomic mass is 10.2. The molecule has 0 saturated heterocycles. The summed E-state index contributed by atoms with van der Waals surface area (Å²) < 4.78 is 8.89. The SMILES string of the molecule is CC(C)COC(=O)c1cc2cc([N+](=O)[O-])ccc2n1CC(C)C.CC(C)Cn1c(C(=O)O)cc2cc([N+](=O)[O-])ccc21. The first-order valence-electron chi connectivity index (χ1n) is 13.6. The number of aromatic nitrogens is 2. The number of carbonyl (C=O) groups excluding carboxylic acids is 1. The van der Waals surface area contributed by atoms with Gasteiger partial charge >= 0.3 is 11.9 Å². The number of esters is 1. The zero-order chi connectivity index (χ0) is 31.3. The minimum Gasteiger partial charge on any atom is -0.477 e. The van der Waals surface area contributed by atoms with Crippen LogP contribution >= 0.6 is 0 Å². The van der Waals surface area contributed by atoms with Gasteiger partial charge in [0.25, 0.3) is 11.4 Å². The lowest BCUT2D eigenvalue weighted by Gasteiger charge is -2.13. The van der Waals surface area contributed by atoms with Gasteiger partial charge in [-0.2, -0.15) is 0 Å². The van der Waals surface area contributed by atoms with Gasteiger partial charge in [-0.3, -0.25) is 20.2 Å². The fraction of sp³-hybridized carbons (Fsp3) is 0.400. The number of hydrogen-bond donors (Lipinski definition) is 1. The molecule has 42 heavy (non-hydrogen) atoms. The standard InChI is InChI=1S/C17H22N2O4.C13H14N2O4/c1-11(2)9-18-15-6-5-14(19(21)22)7-13(15)8-16(18)17(20)23-10-12(3)4;1-8(2)7-14-11-4-3-10(15(18)19)5-9(11)6-12(14)13(16)17/h5-8,11-12H,9-10H2,1-4H3;3-6,8H,7H2,1-2H3,(H,16,17). The van der Waals surface area contributed by atoms with E-state index in [1.165, 1.54) is 30.3 Å². The van der Waals surface area contributed by atoms with Crippen molar-refractivity contribution in [3.63, 3.8) is 0 Å². The third-order valence-electron chi connectivity index (χ3n) is 6.26. The van der Waals surface area contributed by atoms with Gasteiger partial charge in [0.1, 0.15) is 11.4 Å². The summed E-state index contributed by atoms with van der Waals surface area (Å²) in [6, 6.07) is 12.2. The van der Waals surface area contributed by atoms with Crippen LogP contribution in [-0.2, 0) is 17.8 Å². The summed E-state index contributed by atoms with van der Waals surface area (Å²) >= 11 is 0. The van der Waals surface area contributed by atoms with Gasteiger partial charge < -0.3 is 19.0 Å². The molecule has 0 unspecified atom stereocenters. The van der Waals surface area contributed by atoms with Crippen LogP contribution in [0.2, 0.25) is 0 Å². The molecule has 0 saturated carbocycles. The topological polar surface area (TPSA) is 160 Å². The molecule has 0 bridgehead atoms. The number of hydrogen-bond acceptors (Lipinski definition) is 7. The van der Waals surface area contributed by atoms with Gasteiger partial charge in [0.15, 0.2) is 0 Å². The minimum atomic E-state index is -1.03. The maximum absolute atomic E-state index is 12.4. The number of carboxylic acids is 1. The number of fused-ring (bicyclic) bond motifs is 2. The van der Waals surface area contributed by atoms with Gasteiger partial charge in [-0.25, -0.2) is 9.59 Å². The predicted octanol–water partition coefficient (Wildman–Crippen LogP) is 6.92. The summed E-state index contributed by atoms with van der Waals surface area (Å²) in [7, 11) is 0. The van der Waals surface area contributed by atoms with Gasteiger partial charge in [-0.1, -0.05) is 41.5 Å². The van der Waals surface area contributed by atoms with Crippen molar-refractivity contribution >= 4 is 45.1 Å². The largest absolute Gasteiger partial charge is 0.477 e. The molecule has 2 aromatic heterocycles. The van der Waals surface area contributed by atoms with Crippen LogP contribution in [0.4, 0.5) is 11.4 Å². The molecular weight excluding hydrogens is 544 g/mol. The number of nitro benzene ring substituents is 2. The molecule has 0 aliphatic heterocycles. The molecule has 2 aromatic carbocycles. The normalized spacial score (nSPS) is 11.3. The molecule has 0 aliphatic carbocycles. The first-order chi connectivity index (χ1) is 19.7. The van der Waals surface area contributed by atoms with E-state index in [1.54, 1.807) is 22.8 Å². The van der Waals surface area contributed by atoms with E-state index < -0.39 is 21.8 Å². The van der Waals surface area contributed by atoms with Gasteiger partial charge in [0, 0.05) is 59.2 Å². The quantitative estimate of drug-likeness (QED) is 0.120. The third-order valence-corrected chi connectivity index (χ3v) is 6.26. The Morgan fingerprint density at radius 2 is 1.17 bits per heavy atom. The minimum absolute atomic E-state index is 0.0151. The average Bonchev–Trinajstić information content (AvgIpc) is 3.44. The summed E-state index contributed by atoms with van der Waals surface area (Å²) in [6.07, 6.45) is 0. The van der Waals surface area contributed by atoms with Crippen LogP contribution in [0.15, 0.2) is 48.5 Å². The van der Waals surface area contributed by atoms with Crippen LogP contribution in [0.1, 0.15) is 62.5 Å². The molecule has 12 nitrogen and oxygen atoms in total. The molecule has 2 heterocycles. The van der Waals surface area contributed by atoms with E-state index in [1.807, 2.05) is 32.3 Å². The fourth-order valence-corrected chi connectivity index (χ4v) is 4.53. The molecule has 0 amide bonds. The number of rotatable bonds is 10. The maximum atomic E-state index is 12.4. The van der Waals surface area contributed by atoms with Crippen molar-refractivity contribution in [2.24, 2.45) is 17.8 Å². The summed E-state index contributed by atoms with van der Waals surface area (Å²) in [4.78, 5) is 44.3. The number of nitrogens with zero attached hydrogens (tertiary/aromatic N) is 4. The molecule has 0 atom stereocenters. The van der Waals surface area contributed by atoms with Crippen LogP contribution in [0.3, 0.4) is 0 Å². The number of ether oxygens (including phenoxy) is 1. The molecule has 0 spiro atoms. The van der Waals surface area contributed by atoms with Crippen molar-refractivity contribution < 1.29 is 29.3 Å². The van der Waals surface area contributed by atoms with Crippen molar-refractivity contribution in [2.75, 3.05) is 6.61 Å². The number of carbonyl (C=O) groups is 2. The Kier molecular flexibility index (Phi) is 10.1. The Hall–Kier alpha value is -4.74. The highest BCUT2D eigenvalue weighted by atomic mass is 16.6. The molecule has 0 aliphatic rings. The third kappa shape index (κ3) is 7.50. The van der Waals surface area contributed by atoms with E-state index in [2.05, 4.69) is 13.8 Å². The maximum Gasteiger partial charge on any atom is 0.354 e. The van der Waals surface area contributed by atoms with E-state index in [9.17, 15) is 34.9 Å². The van der Waals surface area contributed by atoms with E-state index in [0.717, 1.165) is 5.52 Å². The highest BCUT2D eigenvalue weighted by molar-refractivity contribution is 5.96. The lowest BCUT2D eigenvalue weighted by Crippen LogP contribution is -2.16. The molecule has 4 aromatic rings. The van der Waals surface area contributed by atoms with Crippen LogP contribution in [-0.4, -0.2) is 42.6 Å². The second-order valence-electron chi connectivity index (χ2n) is 11.4. The van der Waals surface area contributed by atoms with E-state index >= 15 is 0 Å². The fourth-order valence-electron chi connectivity index (χ4n) is 4.53. The Bertz CT molecular complexity index is 1630. The van der Waals surface area contributed by atoms with Crippen molar-refractivity contribution in [1.82, 2.24) is 9.13 Å². The molecule has 4 rings (SSSR count). The highest BCUT2D eigenvalue weighted by Crippen LogP contribution is 2.27. The van der Waals surface area contributed by atoms with E-state index in [4.69, 9.17) is 4.74 Å². The number of aromatic carboxylic acids is 1. The Balaban J connectivity index is 0.000000235. The van der Waals surface area contributed by atoms with Crippen molar-refractivity contribution in [1.29, 1.82) is 0 Å². The molecule has 0 radical (unpaired) electrons. The van der Waals surface area contributed by atoms with Gasteiger partial charge in [-0.05, 0) is 42.0 Å². The summed E-state index contributed by atoms with van der Waals surface area (Å²) in [5.41, 5.74) is 2.09. The Morgan fingerprint density at radius 3 is 1.55 bits per heavy atom. The first kappa shape index (κ1) is 31.8. The molecule has 12 heteroatoms.